The maximum Gasteiger partial charge on any atom is 0.324 e. The Morgan fingerprint density at radius 3 is 2.48 bits per heavy atom. The number of ether oxygens (including phenoxy) is 2. The van der Waals surface area contributed by atoms with Gasteiger partial charge in [-0.2, -0.15) is 5.10 Å². The van der Waals surface area contributed by atoms with Gasteiger partial charge in [0.25, 0.3) is 0 Å². The first-order chi connectivity index (χ1) is 19.2. The molecule has 0 radical (unpaired) electrons. The summed E-state index contributed by atoms with van der Waals surface area (Å²) in [5.74, 6) is 1.13. The van der Waals surface area contributed by atoms with E-state index >= 15 is 0 Å². The van der Waals surface area contributed by atoms with Gasteiger partial charge in [0, 0.05) is 41.0 Å². The zero-order chi connectivity index (χ0) is 28.5. The van der Waals surface area contributed by atoms with Crippen molar-refractivity contribution in [1.29, 1.82) is 0 Å². The number of carbonyl (C=O) groups excluding carboxylic acids is 2. The van der Waals surface area contributed by atoms with Crippen molar-refractivity contribution in [1.82, 2.24) is 19.7 Å². The van der Waals surface area contributed by atoms with Crippen LogP contribution in [0, 0.1) is 0 Å². The molecule has 0 unspecified atom stereocenters. The number of hydrogen-bond donors (Lipinski definition) is 3. The lowest BCUT2D eigenvalue weighted by molar-refractivity contribution is -0.143. The Morgan fingerprint density at radius 2 is 1.75 bits per heavy atom. The molecule has 0 saturated carbocycles. The number of hydrogen-bond acceptors (Lipinski definition) is 6. The van der Waals surface area contributed by atoms with Crippen LogP contribution >= 0.6 is 0 Å². The molecule has 0 fully saturated rings. The highest BCUT2D eigenvalue weighted by atomic mass is 16.5. The van der Waals surface area contributed by atoms with Gasteiger partial charge in [-0.05, 0) is 56.2 Å². The van der Waals surface area contributed by atoms with E-state index in [1.165, 1.54) is 0 Å². The minimum absolute atomic E-state index is 0.0838. The molecule has 4 aromatic rings. The van der Waals surface area contributed by atoms with E-state index in [-0.39, 0.29) is 17.4 Å². The van der Waals surface area contributed by atoms with Crippen LogP contribution in [0.1, 0.15) is 65.5 Å². The summed E-state index contributed by atoms with van der Waals surface area (Å²) in [5.41, 5.74) is 4.23. The minimum Gasteiger partial charge on any atom is -0.494 e. The van der Waals surface area contributed by atoms with E-state index in [1.54, 1.807) is 6.33 Å². The van der Waals surface area contributed by atoms with E-state index in [4.69, 9.17) is 9.47 Å². The lowest BCUT2D eigenvalue weighted by Gasteiger charge is -2.14. The van der Waals surface area contributed by atoms with Crippen LogP contribution in [0.15, 0.2) is 54.9 Å². The predicted octanol–water partition coefficient (Wildman–Crippen LogP) is 6.58. The van der Waals surface area contributed by atoms with Crippen molar-refractivity contribution in [3.05, 3.63) is 60.6 Å². The number of nitrogens with one attached hydrogen (secondary N) is 3. The molecule has 0 atom stereocenters. The summed E-state index contributed by atoms with van der Waals surface area (Å²) in [5, 5.41) is 12.7. The van der Waals surface area contributed by atoms with Crippen molar-refractivity contribution in [2.45, 2.75) is 65.2 Å². The van der Waals surface area contributed by atoms with Crippen LogP contribution in [0.25, 0.3) is 16.7 Å². The van der Waals surface area contributed by atoms with Gasteiger partial charge in [0.2, 0.25) is 0 Å². The topological polar surface area (TPSA) is 123 Å². The average molecular weight is 547 g/mol. The van der Waals surface area contributed by atoms with Crippen molar-refractivity contribution in [2.75, 3.05) is 23.8 Å². The number of H-pyrrole nitrogens is 1. The lowest BCUT2D eigenvalue weighted by Crippen LogP contribution is -2.19. The summed E-state index contributed by atoms with van der Waals surface area (Å²) in [6.07, 6.45) is 6.00. The van der Waals surface area contributed by atoms with Gasteiger partial charge in [-0.15, -0.1) is 0 Å². The quantitative estimate of drug-likeness (QED) is 0.136. The molecule has 40 heavy (non-hydrogen) atoms. The lowest BCUT2D eigenvalue weighted by atomic mass is 9.92. The maximum absolute atomic E-state index is 12.4. The summed E-state index contributed by atoms with van der Waals surface area (Å²) in [6, 6.07) is 14.9. The van der Waals surface area contributed by atoms with Gasteiger partial charge in [0.15, 0.2) is 5.82 Å². The number of amides is 2. The second-order valence-corrected chi connectivity index (χ2v) is 10.6. The molecule has 0 aliphatic rings. The molecule has 2 aromatic carbocycles. The van der Waals surface area contributed by atoms with Gasteiger partial charge in [0.1, 0.15) is 12.1 Å². The first kappa shape index (κ1) is 28.7. The summed E-state index contributed by atoms with van der Waals surface area (Å²) < 4.78 is 12.9. The summed E-state index contributed by atoms with van der Waals surface area (Å²) in [6.45, 7) is 9.10. The zero-order valence-electron chi connectivity index (χ0n) is 23.6. The molecular weight excluding hydrogens is 508 g/mol. The number of nitrogens with zero attached hydrogens (tertiary/aromatic N) is 3. The molecule has 3 N–H and O–H groups in total. The Balaban J connectivity index is 1.26. The first-order valence-electron chi connectivity index (χ1n) is 13.7. The monoisotopic (exact) mass is 546 g/mol. The number of esters is 1. The number of benzene rings is 2. The Bertz CT molecular complexity index is 1420. The molecule has 10 nitrogen and oxygen atoms in total. The van der Waals surface area contributed by atoms with Crippen LogP contribution < -0.4 is 15.4 Å². The van der Waals surface area contributed by atoms with Gasteiger partial charge >= 0.3 is 12.0 Å². The van der Waals surface area contributed by atoms with Crippen molar-refractivity contribution >= 4 is 34.5 Å². The van der Waals surface area contributed by atoms with Gasteiger partial charge in [-0.3, -0.25) is 19.8 Å². The third-order valence-corrected chi connectivity index (χ3v) is 6.40. The van der Waals surface area contributed by atoms with E-state index in [9.17, 15) is 9.59 Å². The highest BCUT2D eigenvalue weighted by molar-refractivity contribution is 5.99. The largest absolute Gasteiger partial charge is 0.494 e. The third-order valence-electron chi connectivity index (χ3n) is 6.40. The zero-order valence-corrected chi connectivity index (χ0v) is 23.6. The molecule has 0 saturated heterocycles. The van der Waals surface area contributed by atoms with Gasteiger partial charge in [-0.25, -0.2) is 9.78 Å². The number of urea groups is 1. The fourth-order valence-corrected chi connectivity index (χ4v) is 4.19. The summed E-state index contributed by atoms with van der Waals surface area (Å²) in [7, 11) is 0. The number of fused-ring (bicyclic) bond motifs is 1. The molecule has 0 aliphatic heterocycles. The Kier molecular flexibility index (Phi) is 9.42. The fraction of sp³-hybridized carbons (Fsp3) is 0.400. The minimum atomic E-state index is -0.364. The second-order valence-electron chi connectivity index (χ2n) is 10.6. The van der Waals surface area contributed by atoms with Gasteiger partial charge in [0.05, 0.1) is 24.2 Å². The number of unbranched alkanes of at least 4 members (excludes halogenated alkanes) is 3. The molecule has 212 valence electrons. The standard InChI is InChI=1S/C30H38N6O4/c1-5-39-28(37)10-8-6-7-9-17-40-23-15-16-25-24(18-23)31-20-36(25)22-13-11-21(12-14-22)32-29(38)33-27-19-26(34-35-27)30(2,3)4/h11-16,18-20H,5-10,17H2,1-4H3,(H3,32,33,34,35,38). The summed E-state index contributed by atoms with van der Waals surface area (Å²) in [4.78, 5) is 28.3. The number of aromatic amines is 1. The molecule has 10 heteroatoms. The van der Waals surface area contributed by atoms with E-state index in [0.717, 1.165) is 53.8 Å². The highest BCUT2D eigenvalue weighted by Crippen LogP contribution is 2.25. The number of aromatic nitrogens is 4. The van der Waals surface area contributed by atoms with Gasteiger partial charge in [-0.1, -0.05) is 33.6 Å². The second kappa shape index (κ2) is 13.1. The number of imidazole rings is 1. The number of rotatable bonds is 12. The molecule has 4 rings (SSSR count). The van der Waals surface area contributed by atoms with Crippen LogP contribution in [0.3, 0.4) is 0 Å². The Hall–Kier alpha value is -4.34. The third kappa shape index (κ3) is 7.84. The van der Waals surface area contributed by atoms with E-state index < -0.39 is 0 Å². The Morgan fingerprint density at radius 1 is 0.975 bits per heavy atom. The molecule has 2 heterocycles. The maximum atomic E-state index is 12.4. The van der Waals surface area contributed by atoms with E-state index in [1.807, 2.05) is 60.0 Å². The van der Waals surface area contributed by atoms with Crippen LogP contribution in [-0.4, -0.2) is 45.0 Å². The average Bonchev–Trinajstić information content (AvgIpc) is 3.56. The van der Waals surface area contributed by atoms with Crippen molar-refractivity contribution in [3.63, 3.8) is 0 Å². The molecule has 0 bridgehead atoms. The van der Waals surface area contributed by atoms with Gasteiger partial charge < -0.3 is 14.8 Å². The molecule has 0 aliphatic carbocycles. The SMILES string of the molecule is CCOC(=O)CCCCCCOc1ccc2c(c1)ncn2-c1ccc(NC(=O)Nc2cc(C(C)(C)C)[nH]n2)cc1. The normalized spacial score (nSPS) is 11.4. The van der Waals surface area contributed by atoms with E-state index in [0.29, 0.717) is 31.1 Å². The summed E-state index contributed by atoms with van der Waals surface area (Å²) >= 11 is 0. The van der Waals surface area contributed by atoms with Crippen LogP contribution in [0.4, 0.5) is 16.3 Å². The Labute approximate surface area is 234 Å². The molecular formula is C30H38N6O4. The van der Waals surface area contributed by atoms with Crippen LogP contribution in [-0.2, 0) is 14.9 Å². The van der Waals surface area contributed by atoms with Crippen LogP contribution in [0.2, 0.25) is 0 Å². The molecule has 2 amide bonds. The molecule has 2 aromatic heterocycles. The van der Waals surface area contributed by atoms with Crippen molar-refractivity contribution in [3.8, 4) is 11.4 Å². The number of carbonyl (C=O) groups is 2. The first-order valence-corrected chi connectivity index (χ1v) is 13.7. The molecule has 0 spiro atoms. The van der Waals surface area contributed by atoms with Crippen LogP contribution in [0.5, 0.6) is 5.75 Å². The number of anilines is 2. The smallest absolute Gasteiger partial charge is 0.324 e. The van der Waals surface area contributed by atoms with E-state index in [2.05, 4.69) is 46.6 Å². The highest BCUT2D eigenvalue weighted by Gasteiger charge is 2.17. The predicted molar refractivity (Wildman–Crippen MR) is 156 cm³/mol. The van der Waals surface area contributed by atoms with Crippen molar-refractivity contribution < 1.29 is 19.1 Å². The fourth-order valence-electron chi connectivity index (χ4n) is 4.19. The van der Waals surface area contributed by atoms with Crippen molar-refractivity contribution in [2.24, 2.45) is 0 Å².